The topological polar surface area (TPSA) is 157 Å². The van der Waals surface area contributed by atoms with E-state index >= 15 is 0 Å². The molecule has 224 valence electrons. The first-order chi connectivity index (χ1) is 20.0. The molecule has 0 saturated carbocycles. The molecule has 0 radical (unpaired) electrons. The highest BCUT2D eigenvalue weighted by atomic mass is 16.6. The van der Waals surface area contributed by atoms with Crippen molar-refractivity contribution in [3.63, 3.8) is 0 Å². The molecule has 4 N–H and O–H groups in total. The monoisotopic (exact) mass is 577 g/mol. The van der Waals surface area contributed by atoms with Crippen LogP contribution in [0.5, 0.6) is 0 Å². The molecule has 3 amide bonds. The molecule has 0 saturated heterocycles. The maximum absolute atomic E-state index is 13.9. The molecule has 0 bridgehead atoms. The highest BCUT2D eigenvalue weighted by Gasteiger charge is 2.39. The lowest BCUT2D eigenvalue weighted by Crippen LogP contribution is -2.57. The van der Waals surface area contributed by atoms with Crippen molar-refractivity contribution in [3.05, 3.63) is 83.9 Å². The van der Waals surface area contributed by atoms with Crippen LogP contribution in [0.1, 0.15) is 50.4 Å². The zero-order chi connectivity index (χ0) is 30.7. The number of amides is 3. The first-order valence-electron chi connectivity index (χ1n) is 13.8. The van der Waals surface area contributed by atoms with Crippen LogP contribution in [0.25, 0.3) is 0 Å². The normalized spacial score (nSPS) is 12.6. The second-order valence-corrected chi connectivity index (χ2v) is 10.9. The second kappa shape index (κ2) is 14.8. The lowest BCUT2D eigenvalue weighted by molar-refractivity contribution is -0.146. The number of nitrogens with two attached hydrogens (primary N) is 1. The molecule has 1 aromatic heterocycles. The molecule has 1 heterocycles. The number of para-hydroxylation sites is 1. The van der Waals surface area contributed by atoms with Crippen molar-refractivity contribution in [1.82, 2.24) is 20.2 Å². The number of aromatic amines is 1. The maximum Gasteiger partial charge on any atom is 0.417 e. The van der Waals surface area contributed by atoms with Gasteiger partial charge >= 0.3 is 12.1 Å². The van der Waals surface area contributed by atoms with Crippen LogP contribution in [0.2, 0.25) is 0 Å². The molecular weight excluding hydrogens is 538 g/mol. The molecule has 0 aliphatic carbocycles. The van der Waals surface area contributed by atoms with E-state index in [0.29, 0.717) is 29.8 Å². The SMILES string of the molecule is COC(=O)[C@H](Cc1cnc[nH]1)NC(=O)[C@H](Cc1ccccc1N)N(C(=O)CCCc1ccccc1)C(=O)OC(C)(C)C. The van der Waals surface area contributed by atoms with Crippen molar-refractivity contribution < 1.29 is 28.7 Å². The smallest absolute Gasteiger partial charge is 0.417 e. The number of anilines is 1. The summed E-state index contributed by atoms with van der Waals surface area (Å²) in [6, 6.07) is 14.0. The molecule has 2 aromatic carbocycles. The minimum absolute atomic E-state index is 0.0171. The summed E-state index contributed by atoms with van der Waals surface area (Å²) < 4.78 is 10.5. The van der Waals surface area contributed by atoms with E-state index in [4.69, 9.17) is 15.2 Å². The summed E-state index contributed by atoms with van der Waals surface area (Å²) in [7, 11) is 1.21. The fourth-order valence-corrected chi connectivity index (χ4v) is 4.37. The lowest BCUT2D eigenvalue weighted by Gasteiger charge is -2.32. The minimum Gasteiger partial charge on any atom is -0.467 e. The number of hydrogen-bond acceptors (Lipinski definition) is 8. The number of nitrogens with zero attached hydrogens (tertiary/aromatic N) is 2. The average molecular weight is 578 g/mol. The standard InChI is InChI=1S/C31H39N5O6/c1-31(2,3)42-30(40)36(27(37)16-10-13-21-11-6-5-7-12-21)26(17-22-14-8-9-15-24(22)32)28(38)35-25(29(39)41-4)18-23-19-33-20-34-23/h5-9,11-12,14-15,19-20,25-26H,10,13,16-18,32H2,1-4H3,(H,33,34)(H,35,38)/t25-,26-/m0/s1. The van der Waals surface area contributed by atoms with Gasteiger partial charge in [0.1, 0.15) is 17.7 Å². The number of methoxy groups -OCH3 is 1. The van der Waals surface area contributed by atoms with E-state index in [9.17, 15) is 19.2 Å². The van der Waals surface area contributed by atoms with Gasteiger partial charge < -0.3 is 25.5 Å². The molecule has 0 aliphatic heterocycles. The third-order valence-electron chi connectivity index (χ3n) is 6.42. The van der Waals surface area contributed by atoms with Crippen LogP contribution in [0.4, 0.5) is 10.5 Å². The predicted molar refractivity (Wildman–Crippen MR) is 157 cm³/mol. The number of esters is 1. The van der Waals surface area contributed by atoms with Crippen molar-refractivity contribution in [2.75, 3.05) is 12.8 Å². The summed E-state index contributed by atoms with van der Waals surface area (Å²) in [5.74, 6) is -2.03. The van der Waals surface area contributed by atoms with Gasteiger partial charge in [0.25, 0.3) is 0 Å². The molecule has 0 unspecified atom stereocenters. The van der Waals surface area contributed by atoms with Crippen molar-refractivity contribution in [3.8, 4) is 0 Å². The first kappa shape index (κ1) is 31.9. The number of rotatable bonds is 12. The van der Waals surface area contributed by atoms with Gasteiger partial charge in [-0.05, 0) is 50.8 Å². The number of aromatic nitrogens is 2. The first-order valence-corrected chi connectivity index (χ1v) is 13.8. The van der Waals surface area contributed by atoms with Crippen LogP contribution in [0, 0.1) is 0 Å². The highest BCUT2D eigenvalue weighted by Crippen LogP contribution is 2.21. The molecule has 3 aromatic rings. The number of nitrogens with one attached hydrogen (secondary N) is 2. The molecule has 0 aliphatic rings. The van der Waals surface area contributed by atoms with E-state index in [1.165, 1.54) is 19.6 Å². The molecule has 42 heavy (non-hydrogen) atoms. The van der Waals surface area contributed by atoms with Crippen LogP contribution in [-0.2, 0) is 43.1 Å². The number of benzene rings is 2. The fraction of sp³-hybridized carbons (Fsp3) is 0.387. The highest BCUT2D eigenvalue weighted by molar-refractivity contribution is 5.99. The van der Waals surface area contributed by atoms with E-state index < -0.39 is 41.6 Å². The summed E-state index contributed by atoms with van der Waals surface area (Å²) in [6.07, 6.45) is 2.98. The predicted octanol–water partition coefficient (Wildman–Crippen LogP) is 3.59. The minimum atomic E-state index is -1.37. The Hall–Kier alpha value is -4.67. The molecule has 0 fully saturated rings. The Bertz CT molecular complexity index is 1340. The Morgan fingerprint density at radius 2 is 1.71 bits per heavy atom. The number of hydrogen-bond donors (Lipinski definition) is 3. The Balaban J connectivity index is 1.95. The van der Waals surface area contributed by atoms with Gasteiger partial charge in [0, 0.05) is 36.8 Å². The lowest BCUT2D eigenvalue weighted by atomic mass is 10.0. The number of nitrogen functional groups attached to an aromatic ring is 1. The summed E-state index contributed by atoms with van der Waals surface area (Å²) in [5.41, 5.74) is 7.81. The van der Waals surface area contributed by atoms with Gasteiger partial charge in [-0.25, -0.2) is 19.5 Å². The summed E-state index contributed by atoms with van der Waals surface area (Å²) in [5, 5.41) is 2.68. The maximum atomic E-state index is 13.9. The van der Waals surface area contributed by atoms with Gasteiger partial charge in [0.15, 0.2) is 0 Å². The fourth-order valence-electron chi connectivity index (χ4n) is 4.37. The zero-order valence-electron chi connectivity index (χ0n) is 24.5. The van der Waals surface area contributed by atoms with E-state index in [-0.39, 0.29) is 19.3 Å². The number of imide groups is 1. The molecule has 2 atom stereocenters. The van der Waals surface area contributed by atoms with Crippen molar-refractivity contribution in [2.45, 2.75) is 70.6 Å². The average Bonchev–Trinajstić information content (AvgIpc) is 3.45. The van der Waals surface area contributed by atoms with Gasteiger partial charge in [-0.1, -0.05) is 48.5 Å². The number of imidazole rings is 1. The van der Waals surface area contributed by atoms with Gasteiger partial charge in [0.05, 0.1) is 13.4 Å². The van der Waals surface area contributed by atoms with Crippen LogP contribution in [0.3, 0.4) is 0 Å². The quantitative estimate of drug-likeness (QED) is 0.218. The number of aryl methyl sites for hydroxylation is 1. The Morgan fingerprint density at radius 3 is 2.33 bits per heavy atom. The Labute approximate surface area is 245 Å². The van der Waals surface area contributed by atoms with E-state index in [0.717, 1.165) is 10.5 Å². The van der Waals surface area contributed by atoms with E-state index in [1.54, 1.807) is 45.0 Å². The third-order valence-corrected chi connectivity index (χ3v) is 6.42. The summed E-state index contributed by atoms with van der Waals surface area (Å²) >= 11 is 0. The van der Waals surface area contributed by atoms with E-state index in [2.05, 4.69) is 15.3 Å². The van der Waals surface area contributed by atoms with Gasteiger partial charge in [-0.3, -0.25) is 9.59 Å². The number of H-pyrrole nitrogens is 1. The molecular formula is C31H39N5O6. The second-order valence-electron chi connectivity index (χ2n) is 10.9. The summed E-state index contributed by atoms with van der Waals surface area (Å²) in [4.78, 5) is 61.6. The molecule has 0 spiro atoms. The molecule has 11 heteroatoms. The van der Waals surface area contributed by atoms with Gasteiger partial charge in [-0.2, -0.15) is 0 Å². The van der Waals surface area contributed by atoms with Crippen molar-refractivity contribution in [2.24, 2.45) is 0 Å². The van der Waals surface area contributed by atoms with Crippen LogP contribution >= 0.6 is 0 Å². The number of carbonyl (C=O) groups excluding carboxylic acids is 4. The zero-order valence-corrected chi connectivity index (χ0v) is 24.5. The molecule has 3 rings (SSSR count). The molecule has 11 nitrogen and oxygen atoms in total. The summed E-state index contributed by atoms with van der Waals surface area (Å²) in [6.45, 7) is 5.01. The Kier molecular flexibility index (Phi) is 11.2. The van der Waals surface area contributed by atoms with Crippen LogP contribution < -0.4 is 11.1 Å². The largest absolute Gasteiger partial charge is 0.467 e. The van der Waals surface area contributed by atoms with Crippen LogP contribution in [-0.4, -0.2) is 63.5 Å². The van der Waals surface area contributed by atoms with Crippen molar-refractivity contribution >= 4 is 29.6 Å². The van der Waals surface area contributed by atoms with Gasteiger partial charge in [-0.15, -0.1) is 0 Å². The Morgan fingerprint density at radius 1 is 1.02 bits per heavy atom. The van der Waals surface area contributed by atoms with Gasteiger partial charge in [0.2, 0.25) is 11.8 Å². The third kappa shape index (κ3) is 9.46. The number of carbonyl (C=O) groups is 4. The number of ether oxygens (including phenoxy) is 2. The van der Waals surface area contributed by atoms with Crippen LogP contribution in [0.15, 0.2) is 67.1 Å². The van der Waals surface area contributed by atoms with Crippen molar-refractivity contribution in [1.29, 1.82) is 0 Å². The van der Waals surface area contributed by atoms with E-state index in [1.807, 2.05) is 30.3 Å².